The molecule has 0 atom stereocenters. The monoisotopic (exact) mass is 450 g/mol. The Kier molecular flexibility index (Phi) is 7.43. The zero-order valence-electron chi connectivity index (χ0n) is 18.2. The van der Waals surface area contributed by atoms with Crippen LogP contribution in [-0.4, -0.2) is 44.0 Å². The average molecular weight is 450 g/mol. The summed E-state index contributed by atoms with van der Waals surface area (Å²) in [6, 6.07) is 14.0. The fraction of sp³-hybridized carbons (Fsp3) is 0.130. The van der Waals surface area contributed by atoms with Crippen molar-refractivity contribution >= 4 is 17.7 Å². The summed E-state index contributed by atoms with van der Waals surface area (Å²) in [6.07, 6.45) is 1.46. The maximum absolute atomic E-state index is 12.4. The number of carbonyl (C=O) groups is 3. The number of ether oxygens (including phenoxy) is 3. The molecule has 0 saturated carbocycles. The molecule has 1 aromatic heterocycles. The van der Waals surface area contributed by atoms with Crippen molar-refractivity contribution < 1.29 is 28.6 Å². The summed E-state index contributed by atoms with van der Waals surface area (Å²) in [5.41, 5.74) is 5.51. The van der Waals surface area contributed by atoms with E-state index in [-0.39, 0.29) is 17.2 Å². The van der Waals surface area contributed by atoms with Gasteiger partial charge in [-0.1, -0.05) is 0 Å². The number of hydrogen-bond donors (Lipinski definition) is 3. The second-order valence-electron chi connectivity index (χ2n) is 6.56. The largest absolute Gasteiger partial charge is 0.493 e. The van der Waals surface area contributed by atoms with Crippen LogP contribution in [0.3, 0.4) is 0 Å². The first-order valence-corrected chi connectivity index (χ1v) is 9.74. The van der Waals surface area contributed by atoms with Crippen LogP contribution in [0.5, 0.6) is 23.0 Å². The molecule has 3 rings (SSSR count). The Hall–Kier alpha value is -4.60. The van der Waals surface area contributed by atoms with Gasteiger partial charge in [-0.05, 0) is 48.5 Å². The smallest absolute Gasteiger partial charge is 0.269 e. The lowest BCUT2D eigenvalue weighted by Crippen LogP contribution is -2.41. The molecule has 3 N–H and O–H groups in total. The fourth-order valence-electron chi connectivity index (χ4n) is 2.77. The number of pyridine rings is 1. The van der Waals surface area contributed by atoms with Crippen LogP contribution in [0.2, 0.25) is 0 Å². The van der Waals surface area contributed by atoms with Gasteiger partial charge in [-0.3, -0.25) is 30.2 Å². The van der Waals surface area contributed by atoms with Crippen LogP contribution in [0.4, 0.5) is 0 Å². The first-order chi connectivity index (χ1) is 15.9. The van der Waals surface area contributed by atoms with Crippen molar-refractivity contribution in [2.45, 2.75) is 0 Å². The van der Waals surface area contributed by atoms with Crippen molar-refractivity contribution in [2.24, 2.45) is 0 Å². The van der Waals surface area contributed by atoms with E-state index in [0.717, 1.165) is 0 Å². The molecular formula is C23H22N4O6. The van der Waals surface area contributed by atoms with Crippen LogP contribution in [0.1, 0.15) is 31.2 Å². The van der Waals surface area contributed by atoms with Crippen LogP contribution < -0.4 is 30.4 Å². The molecule has 0 aliphatic carbocycles. The van der Waals surface area contributed by atoms with E-state index in [1.807, 2.05) is 0 Å². The van der Waals surface area contributed by atoms with Gasteiger partial charge in [0.25, 0.3) is 17.7 Å². The minimum atomic E-state index is -0.520. The molecule has 10 nitrogen and oxygen atoms in total. The van der Waals surface area contributed by atoms with E-state index in [4.69, 9.17) is 14.2 Å². The standard InChI is InChI=1S/C23H22N4O6/c1-24-23(30)18-13-17(10-11-25-18)33-16-7-4-14(5-8-16)21(28)26-27-22(29)15-6-9-19(31-2)20(12-15)32-3/h4-13H,1-3H3,(H,24,30)(H,26,28)(H,27,29). The zero-order chi connectivity index (χ0) is 23.8. The molecule has 3 aromatic rings. The molecule has 0 aliphatic rings. The molecule has 1 heterocycles. The third-order valence-electron chi connectivity index (χ3n) is 4.48. The average Bonchev–Trinajstić information content (AvgIpc) is 2.86. The van der Waals surface area contributed by atoms with Crippen LogP contribution in [0.25, 0.3) is 0 Å². The van der Waals surface area contributed by atoms with Crippen molar-refractivity contribution in [1.29, 1.82) is 0 Å². The lowest BCUT2D eigenvalue weighted by atomic mass is 10.2. The highest BCUT2D eigenvalue weighted by molar-refractivity contribution is 5.99. The Morgan fingerprint density at radius 3 is 2.00 bits per heavy atom. The van der Waals surface area contributed by atoms with Gasteiger partial charge in [0, 0.05) is 30.4 Å². The number of hydrogen-bond acceptors (Lipinski definition) is 7. The van der Waals surface area contributed by atoms with Crippen molar-refractivity contribution in [2.75, 3.05) is 21.3 Å². The summed E-state index contributed by atoms with van der Waals surface area (Å²) < 4.78 is 16.0. The number of rotatable bonds is 7. The predicted octanol–water partition coefficient (Wildman–Crippen LogP) is 2.33. The summed E-state index contributed by atoms with van der Waals surface area (Å²) in [5, 5.41) is 2.49. The number of amides is 3. The van der Waals surface area contributed by atoms with Gasteiger partial charge < -0.3 is 19.5 Å². The van der Waals surface area contributed by atoms with E-state index in [9.17, 15) is 14.4 Å². The van der Waals surface area contributed by atoms with Gasteiger partial charge in [0.15, 0.2) is 11.5 Å². The molecule has 2 aromatic carbocycles. The van der Waals surface area contributed by atoms with E-state index < -0.39 is 11.8 Å². The SMILES string of the molecule is CNC(=O)c1cc(Oc2ccc(C(=O)NNC(=O)c3ccc(OC)c(OC)c3)cc2)ccn1. The quantitative estimate of drug-likeness (QED) is 0.471. The highest BCUT2D eigenvalue weighted by Crippen LogP contribution is 2.27. The number of benzene rings is 2. The summed E-state index contributed by atoms with van der Waals surface area (Å²) in [6.45, 7) is 0. The number of carbonyl (C=O) groups excluding carboxylic acids is 3. The minimum absolute atomic E-state index is 0.219. The zero-order valence-corrected chi connectivity index (χ0v) is 18.2. The van der Waals surface area contributed by atoms with Crippen LogP contribution in [0.15, 0.2) is 60.8 Å². The number of nitrogens with zero attached hydrogens (tertiary/aromatic N) is 1. The van der Waals surface area contributed by atoms with E-state index in [1.54, 1.807) is 30.3 Å². The van der Waals surface area contributed by atoms with E-state index >= 15 is 0 Å². The van der Waals surface area contributed by atoms with Gasteiger partial charge in [-0.15, -0.1) is 0 Å². The predicted molar refractivity (Wildman–Crippen MR) is 119 cm³/mol. The van der Waals surface area contributed by atoms with Crippen LogP contribution >= 0.6 is 0 Å². The highest BCUT2D eigenvalue weighted by atomic mass is 16.5. The van der Waals surface area contributed by atoms with Gasteiger partial charge in [0.1, 0.15) is 17.2 Å². The number of aromatic nitrogens is 1. The molecule has 0 bridgehead atoms. The number of nitrogens with one attached hydrogen (secondary N) is 3. The molecule has 33 heavy (non-hydrogen) atoms. The first-order valence-electron chi connectivity index (χ1n) is 9.74. The van der Waals surface area contributed by atoms with E-state index in [0.29, 0.717) is 28.6 Å². The topological polar surface area (TPSA) is 128 Å². The molecule has 0 radical (unpaired) electrons. The number of methoxy groups -OCH3 is 2. The van der Waals surface area contributed by atoms with Gasteiger partial charge >= 0.3 is 0 Å². The second-order valence-corrected chi connectivity index (χ2v) is 6.56. The maximum Gasteiger partial charge on any atom is 0.269 e. The normalized spacial score (nSPS) is 10.0. The van der Waals surface area contributed by atoms with Crippen molar-refractivity contribution in [3.05, 3.63) is 77.6 Å². The summed E-state index contributed by atoms with van der Waals surface area (Å²) in [4.78, 5) is 40.3. The molecule has 0 unspecified atom stereocenters. The summed E-state index contributed by atoms with van der Waals surface area (Å²) >= 11 is 0. The Bertz CT molecular complexity index is 1160. The Morgan fingerprint density at radius 1 is 0.727 bits per heavy atom. The molecule has 10 heteroatoms. The molecular weight excluding hydrogens is 428 g/mol. The Morgan fingerprint density at radius 2 is 1.36 bits per heavy atom. The van der Waals surface area contributed by atoms with Gasteiger partial charge in [0.2, 0.25) is 0 Å². The fourth-order valence-corrected chi connectivity index (χ4v) is 2.77. The molecule has 0 saturated heterocycles. The van der Waals surface area contributed by atoms with Crippen LogP contribution in [-0.2, 0) is 0 Å². The minimum Gasteiger partial charge on any atom is -0.493 e. The summed E-state index contributed by atoms with van der Waals surface area (Å²) in [7, 11) is 4.47. The van der Waals surface area contributed by atoms with Crippen molar-refractivity contribution in [1.82, 2.24) is 21.2 Å². The van der Waals surface area contributed by atoms with Crippen molar-refractivity contribution in [3.8, 4) is 23.0 Å². The molecule has 0 aliphatic heterocycles. The van der Waals surface area contributed by atoms with Gasteiger partial charge in [0.05, 0.1) is 14.2 Å². The Labute approximate surface area is 189 Å². The molecule has 0 spiro atoms. The lowest BCUT2D eigenvalue weighted by Gasteiger charge is -2.11. The highest BCUT2D eigenvalue weighted by Gasteiger charge is 2.13. The second kappa shape index (κ2) is 10.6. The maximum atomic E-state index is 12.4. The first kappa shape index (κ1) is 23.1. The number of hydrazine groups is 1. The third kappa shape index (κ3) is 5.76. The third-order valence-corrected chi connectivity index (χ3v) is 4.48. The lowest BCUT2D eigenvalue weighted by molar-refractivity contribution is 0.0846. The molecule has 170 valence electrons. The van der Waals surface area contributed by atoms with E-state index in [2.05, 4.69) is 21.2 Å². The van der Waals surface area contributed by atoms with Gasteiger partial charge in [-0.2, -0.15) is 0 Å². The van der Waals surface area contributed by atoms with E-state index in [1.165, 1.54) is 51.7 Å². The van der Waals surface area contributed by atoms with Crippen molar-refractivity contribution in [3.63, 3.8) is 0 Å². The van der Waals surface area contributed by atoms with Crippen LogP contribution in [0, 0.1) is 0 Å². The molecule has 3 amide bonds. The summed E-state index contributed by atoms with van der Waals surface area (Å²) in [5.74, 6) is 0.385. The van der Waals surface area contributed by atoms with Gasteiger partial charge in [-0.25, -0.2) is 0 Å². The Balaban J connectivity index is 1.59. The molecule has 0 fully saturated rings.